The van der Waals surface area contributed by atoms with Gasteiger partial charge in [-0.1, -0.05) is 18.2 Å². The molecule has 1 N–H and O–H groups in total. The first-order valence-electron chi connectivity index (χ1n) is 6.91. The van der Waals surface area contributed by atoms with Gasteiger partial charge in [0, 0.05) is 12.6 Å². The molecule has 19 heavy (non-hydrogen) atoms. The first-order chi connectivity index (χ1) is 9.16. The molecular weight excluding hydrogens is 243 g/mol. The Bertz CT molecular complexity index is 430. The van der Waals surface area contributed by atoms with Gasteiger partial charge in [0.25, 0.3) is 0 Å². The number of nitrogens with one attached hydrogen (secondary N) is 1. The molecule has 1 aliphatic heterocycles. The monoisotopic (exact) mass is 264 g/mol. The molecule has 1 aliphatic rings. The van der Waals surface area contributed by atoms with Gasteiger partial charge in [-0.15, -0.1) is 0 Å². The van der Waals surface area contributed by atoms with Crippen molar-refractivity contribution in [2.24, 2.45) is 0 Å². The van der Waals surface area contributed by atoms with Crippen LogP contribution in [0.2, 0.25) is 0 Å². The number of likely N-dealkylation sites (tertiary alicyclic amines) is 1. The number of carbonyl (C=O) groups is 1. The molecule has 0 saturated carbocycles. The second-order valence-corrected chi connectivity index (χ2v) is 5.16. The molecule has 4 heteroatoms. The van der Waals surface area contributed by atoms with Crippen molar-refractivity contribution < 1.29 is 9.18 Å². The van der Waals surface area contributed by atoms with Crippen LogP contribution in [0.1, 0.15) is 25.3 Å². The molecule has 1 saturated heterocycles. The minimum atomic E-state index is -0.315. The van der Waals surface area contributed by atoms with E-state index in [9.17, 15) is 9.18 Å². The molecule has 1 aromatic carbocycles. The van der Waals surface area contributed by atoms with Crippen molar-refractivity contribution in [2.45, 2.75) is 32.2 Å². The number of rotatable bonds is 5. The normalized spacial score (nSPS) is 17.4. The van der Waals surface area contributed by atoms with E-state index in [1.165, 1.54) is 18.9 Å². The van der Waals surface area contributed by atoms with Gasteiger partial charge in [0.15, 0.2) is 0 Å². The maximum Gasteiger partial charge on any atom is 0.224 e. The Morgan fingerprint density at radius 2 is 2.05 bits per heavy atom. The first-order valence-corrected chi connectivity index (χ1v) is 6.91. The van der Waals surface area contributed by atoms with E-state index in [0.29, 0.717) is 18.2 Å². The summed E-state index contributed by atoms with van der Waals surface area (Å²) in [6.07, 6.45) is 2.60. The highest BCUT2D eigenvalue weighted by atomic mass is 19.1. The van der Waals surface area contributed by atoms with Gasteiger partial charge in [0.2, 0.25) is 5.91 Å². The smallest absolute Gasteiger partial charge is 0.224 e. The van der Waals surface area contributed by atoms with Crippen LogP contribution in [0.25, 0.3) is 0 Å². The van der Waals surface area contributed by atoms with Crippen LogP contribution >= 0.6 is 0 Å². The van der Waals surface area contributed by atoms with Crippen LogP contribution < -0.4 is 5.32 Å². The first kappa shape index (κ1) is 14.0. The fourth-order valence-electron chi connectivity index (χ4n) is 2.45. The molecule has 0 unspecified atom stereocenters. The van der Waals surface area contributed by atoms with Crippen molar-refractivity contribution in [1.29, 1.82) is 0 Å². The lowest BCUT2D eigenvalue weighted by molar-refractivity contribution is -0.120. The Morgan fingerprint density at radius 3 is 2.74 bits per heavy atom. The molecule has 1 amide bonds. The van der Waals surface area contributed by atoms with Crippen molar-refractivity contribution in [3.63, 3.8) is 0 Å². The predicted molar refractivity (Wildman–Crippen MR) is 73.4 cm³/mol. The van der Waals surface area contributed by atoms with Crippen LogP contribution in [-0.2, 0) is 11.2 Å². The van der Waals surface area contributed by atoms with Crippen LogP contribution in [0.5, 0.6) is 0 Å². The third-order valence-corrected chi connectivity index (χ3v) is 3.67. The zero-order valence-electron chi connectivity index (χ0n) is 11.4. The molecule has 0 radical (unpaired) electrons. The lowest BCUT2D eigenvalue weighted by Crippen LogP contribution is -2.41. The standard InChI is InChI=1S/C15H21FN2O/c1-12(18-8-4-5-9-18)11-17-15(19)10-13-6-2-3-7-14(13)16/h2-3,6-7,12H,4-5,8-11H2,1H3,(H,17,19)/t12-/m0/s1. The van der Waals surface area contributed by atoms with Gasteiger partial charge >= 0.3 is 0 Å². The average molecular weight is 264 g/mol. The molecule has 1 fully saturated rings. The van der Waals surface area contributed by atoms with Gasteiger partial charge < -0.3 is 5.32 Å². The molecule has 0 aromatic heterocycles. The van der Waals surface area contributed by atoms with Gasteiger partial charge in [0.05, 0.1) is 6.42 Å². The molecule has 1 heterocycles. The topological polar surface area (TPSA) is 32.3 Å². The van der Waals surface area contributed by atoms with Crippen LogP contribution in [0, 0.1) is 5.82 Å². The molecule has 3 nitrogen and oxygen atoms in total. The summed E-state index contributed by atoms with van der Waals surface area (Å²) in [4.78, 5) is 14.2. The largest absolute Gasteiger partial charge is 0.354 e. The van der Waals surface area contributed by atoms with Crippen molar-refractivity contribution >= 4 is 5.91 Å². The summed E-state index contributed by atoms with van der Waals surface area (Å²) in [5.41, 5.74) is 0.453. The minimum Gasteiger partial charge on any atom is -0.354 e. The van der Waals surface area contributed by atoms with Gasteiger partial charge in [-0.3, -0.25) is 9.69 Å². The van der Waals surface area contributed by atoms with E-state index in [4.69, 9.17) is 0 Å². The van der Waals surface area contributed by atoms with Crippen molar-refractivity contribution in [1.82, 2.24) is 10.2 Å². The summed E-state index contributed by atoms with van der Waals surface area (Å²) in [5.74, 6) is -0.429. The summed E-state index contributed by atoms with van der Waals surface area (Å²) in [7, 11) is 0. The fourth-order valence-corrected chi connectivity index (χ4v) is 2.45. The summed E-state index contributed by atoms with van der Waals surface area (Å²) >= 11 is 0. The van der Waals surface area contributed by atoms with E-state index in [2.05, 4.69) is 17.1 Å². The molecule has 1 aromatic rings. The third-order valence-electron chi connectivity index (χ3n) is 3.67. The van der Waals surface area contributed by atoms with Crippen LogP contribution in [0.4, 0.5) is 4.39 Å². The summed E-state index contributed by atoms with van der Waals surface area (Å²) in [6.45, 7) is 4.98. The third kappa shape index (κ3) is 4.03. The predicted octanol–water partition coefficient (Wildman–Crippen LogP) is 1.97. The lowest BCUT2D eigenvalue weighted by Gasteiger charge is -2.23. The highest BCUT2D eigenvalue weighted by molar-refractivity contribution is 5.78. The molecule has 104 valence electrons. The Hall–Kier alpha value is -1.42. The summed E-state index contributed by atoms with van der Waals surface area (Å²) < 4.78 is 13.4. The Morgan fingerprint density at radius 1 is 1.37 bits per heavy atom. The van der Waals surface area contributed by atoms with Crippen LogP contribution in [-0.4, -0.2) is 36.5 Å². The highest BCUT2D eigenvalue weighted by Gasteiger charge is 2.18. The van der Waals surface area contributed by atoms with Crippen molar-refractivity contribution in [3.05, 3.63) is 35.6 Å². The summed E-state index contributed by atoms with van der Waals surface area (Å²) in [6, 6.07) is 6.77. The number of amides is 1. The van der Waals surface area contributed by atoms with Gasteiger partial charge in [-0.2, -0.15) is 0 Å². The highest BCUT2D eigenvalue weighted by Crippen LogP contribution is 2.11. The van der Waals surface area contributed by atoms with Gasteiger partial charge in [0.1, 0.15) is 5.82 Å². The lowest BCUT2D eigenvalue weighted by atomic mass is 10.1. The number of halogens is 1. The maximum atomic E-state index is 13.4. The zero-order valence-corrected chi connectivity index (χ0v) is 11.4. The molecule has 0 bridgehead atoms. The van der Waals surface area contributed by atoms with Crippen molar-refractivity contribution in [3.8, 4) is 0 Å². The van der Waals surface area contributed by atoms with E-state index in [-0.39, 0.29) is 18.1 Å². The van der Waals surface area contributed by atoms with Gasteiger partial charge in [-0.25, -0.2) is 4.39 Å². The van der Waals surface area contributed by atoms with E-state index < -0.39 is 0 Å². The Labute approximate surface area is 113 Å². The quantitative estimate of drug-likeness (QED) is 0.882. The maximum absolute atomic E-state index is 13.4. The number of benzene rings is 1. The van der Waals surface area contributed by atoms with E-state index in [1.807, 2.05) is 0 Å². The number of hydrogen-bond acceptors (Lipinski definition) is 2. The van der Waals surface area contributed by atoms with E-state index in [0.717, 1.165) is 13.1 Å². The van der Waals surface area contributed by atoms with E-state index in [1.54, 1.807) is 18.2 Å². The average Bonchev–Trinajstić information content (AvgIpc) is 2.93. The van der Waals surface area contributed by atoms with Crippen LogP contribution in [0.15, 0.2) is 24.3 Å². The van der Waals surface area contributed by atoms with Crippen LogP contribution in [0.3, 0.4) is 0 Å². The summed E-state index contributed by atoms with van der Waals surface area (Å²) in [5, 5.41) is 2.89. The molecule has 2 rings (SSSR count). The number of hydrogen-bond donors (Lipinski definition) is 1. The molecule has 0 aliphatic carbocycles. The number of nitrogens with zero attached hydrogens (tertiary/aromatic N) is 1. The molecule has 1 atom stereocenters. The second kappa shape index (κ2) is 6.66. The molecule has 0 spiro atoms. The number of carbonyl (C=O) groups excluding carboxylic acids is 1. The SMILES string of the molecule is C[C@@H](CNC(=O)Cc1ccccc1F)N1CCCC1. The Kier molecular flexibility index (Phi) is 4.91. The fraction of sp³-hybridized carbons (Fsp3) is 0.533. The minimum absolute atomic E-state index is 0.111. The second-order valence-electron chi connectivity index (χ2n) is 5.16. The van der Waals surface area contributed by atoms with Crippen molar-refractivity contribution in [2.75, 3.05) is 19.6 Å². The van der Waals surface area contributed by atoms with E-state index >= 15 is 0 Å². The molecular formula is C15H21FN2O. The Balaban J connectivity index is 1.77. The van der Waals surface area contributed by atoms with Gasteiger partial charge in [-0.05, 0) is 44.5 Å². The zero-order chi connectivity index (χ0) is 13.7.